The third kappa shape index (κ3) is 9.64. The highest BCUT2D eigenvalue weighted by Crippen LogP contribution is 2.03. The zero-order valence-corrected chi connectivity index (χ0v) is 7.85. The molecule has 0 fully saturated rings. The van der Waals surface area contributed by atoms with E-state index in [4.69, 9.17) is 0 Å². The van der Waals surface area contributed by atoms with Crippen molar-refractivity contribution in [2.75, 3.05) is 0 Å². The van der Waals surface area contributed by atoms with E-state index in [9.17, 15) is 4.57 Å². The summed E-state index contributed by atoms with van der Waals surface area (Å²) in [5, 5.41) is 0. The van der Waals surface area contributed by atoms with Gasteiger partial charge in [0.15, 0.2) is 0 Å². The van der Waals surface area contributed by atoms with Crippen LogP contribution in [-0.4, -0.2) is 0 Å². The third-order valence-electron chi connectivity index (χ3n) is 1.42. The van der Waals surface area contributed by atoms with Gasteiger partial charge in [-0.2, -0.15) is 0 Å². The standard InChI is InChI=1S/C8H15O2P/c1-2-3-4-5-6-7-8-10-11-9/h7-8H,2-6H2,1H3. The van der Waals surface area contributed by atoms with E-state index in [1.807, 2.05) is 6.08 Å². The molecule has 0 radical (unpaired) electrons. The van der Waals surface area contributed by atoms with Gasteiger partial charge in [0.2, 0.25) is 0 Å². The van der Waals surface area contributed by atoms with Gasteiger partial charge in [-0.15, -0.1) is 0 Å². The van der Waals surface area contributed by atoms with Gasteiger partial charge in [-0.25, -0.2) is 4.57 Å². The van der Waals surface area contributed by atoms with Crippen molar-refractivity contribution in [3.63, 3.8) is 0 Å². The summed E-state index contributed by atoms with van der Waals surface area (Å²) in [7, 11) is -0.267. The molecule has 0 saturated heterocycles. The Balaban J connectivity index is 2.94. The summed E-state index contributed by atoms with van der Waals surface area (Å²) in [6.07, 6.45) is 9.45. The highest BCUT2D eigenvalue weighted by molar-refractivity contribution is 7.17. The number of allylic oxidation sites excluding steroid dienone is 1. The van der Waals surface area contributed by atoms with E-state index in [0.29, 0.717) is 0 Å². The second-order valence-electron chi connectivity index (χ2n) is 2.40. The Hall–Kier alpha value is -0.360. The molecule has 0 aromatic heterocycles. The summed E-state index contributed by atoms with van der Waals surface area (Å²) in [6, 6.07) is 0. The second-order valence-corrected chi connectivity index (χ2v) is 2.76. The second kappa shape index (κ2) is 9.64. The summed E-state index contributed by atoms with van der Waals surface area (Å²) in [5.74, 6) is 0. The van der Waals surface area contributed by atoms with Gasteiger partial charge in [-0.3, -0.25) is 0 Å². The number of hydrogen-bond donors (Lipinski definition) is 0. The van der Waals surface area contributed by atoms with Crippen molar-refractivity contribution >= 4 is 8.69 Å². The van der Waals surface area contributed by atoms with Gasteiger partial charge in [0.25, 0.3) is 0 Å². The first kappa shape index (κ1) is 10.6. The van der Waals surface area contributed by atoms with Gasteiger partial charge < -0.3 is 4.52 Å². The number of unbranched alkanes of at least 4 members (excludes halogenated alkanes) is 4. The predicted octanol–water partition coefficient (Wildman–Crippen LogP) is 3.69. The van der Waals surface area contributed by atoms with Gasteiger partial charge in [-0.1, -0.05) is 26.2 Å². The molecule has 11 heavy (non-hydrogen) atoms. The van der Waals surface area contributed by atoms with Crippen molar-refractivity contribution in [3.8, 4) is 0 Å². The molecule has 0 rings (SSSR count). The fraction of sp³-hybridized carbons (Fsp3) is 0.750. The van der Waals surface area contributed by atoms with E-state index in [1.165, 1.54) is 31.9 Å². The van der Waals surface area contributed by atoms with Crippen LogP contribution in [0, 0.1) is 0 Å². The zero-order chi connectivity index (χ0) is 8.36. The smallest absolute Gasteiger partial charge is 0.395 e. The van der Waals surface area contributed by atoms with Crippen molar-refractivity contribution in [2.45, 2.75) is 39.0 Å². The maximum atomic E-state index is 9.76. The zero-order valence-electron chi connectivity index (χ0n) is 6.95. The van der Waals surface area contributed by atoms with E-state index in [0.717, 1.165) is 6.42 Å². The lowest BCUT2D eigenvalue weighted by Gasteiger charge is -1.92. The van der Waals surface area contributed by atoms with E-state index in [1.54, 1.807) is 0 Å². The lowest BCUT2D eigenvalue weighted by molar-refractivity contribution is 0.481. The van der Waals surface area contributed by atoms with Crippen LogP contribution in [0.25, 0.3) is 0 Å². The molecule has 64 valence electrons. The summed E-state index contributed by atoms with van der Waals surface area (Å²) >= 11 is 0. The quantitative estimate of drug-likeness (QED) is 0.334. The third-order valence-corrected chi connectivity index (χ3v) is 1.63. The van der Waals surface area contributed by atoms with Crippen LogP contribution >= 0.6 is 8.69 Å². The van der Waals surface area contributed by atoms with Gasteiger partial charge in [0.1, 0.15) is 0 Å². The first-order valence-corrected chi connectivity index (χ1v) is 4.78. The monoisotopic (exact) mass is 174 g/mol. The van der Waals surface area contributed by atoms with Crippen LogP contribution in [0.15, 0.2) is 12.3 Å². The Bertz CT molecular complexity index is 113. The van der Waals surface area contributed by atoms with Gasteiger partial charge >= 0.3 is 8.69 Å². The minimum Gasteiger partial charge on any atom is -0.416 e. The fourth-order valence-electron chi connectivity index (χ4n) is 0.825. The molecule has 0 N–H and O–H groups in total. The molecule has 0 amide bonds. The lowest BCUT2D eigenvalue weighted by Crippen LogP contribution is -1.73. The molecule has 0 aliphatic rings. The molecule has 0 atom stereocenters. The maximum absolute atomic E-state index is 9.76. The van der Waals surface area contributed by atoms with Gasteiger partial charge in [0.05, 0.1) is 6.26 Å². The van der Waals surface area contributed by atoms with Crippen LogP contribution in [0.1, 0.15) is 39.0 Å². The van der Waals surface area contributed by atoms with Crippen LogP contribution in [0.3, 0.4) is 0 Å². The highest BCUT2D eigenvalue weighted by Gasteiger charge is 1.83. The molecule has 0 aliphatic carbocycles. The Morgan fingerprint density at radius 2 is 2.18 bits per heavy atom. The molecule has 0 saturated carbocycles. The van der Waals surface area contributed by atoms with Gasteiger partial charge in [-0.05, 0) is 18.9 Å². The first-order valence-electron chi connectivity index (χ1n) is 4.05. The molecular weight excluding hydrogens is 159 g/mol. The molecule has 0 aromatic carbocycles. The molecule has 0 spiro atoms. The normalized spacial score (nSPS) is 11.0. The largest absolute Gasteiger partial charge is 0.416 e. The molecular formula is C8H15O2P. The van der Waals surface area contributed by atoms with E-state index >= 15 is 0 Å². The van der Waals surface area contributed by atoms with Crippen LogP contribution in [0.5, 0.6) is 0 Å². The Morgan fingerprint density at radius 3 is 2.82 bits per heavy atom. The van der Waals surface area contributed by atoms with Crippen LogP contribution in [0.4, 0.5) is 0 Å². The van der Waals surface area contributed by atoms with E-state index in [2.05, 4.69) is 11.4 Å². The predicted molar refractivity (Wildman–Crippen MR) is 46.6 cm³/mol. The molecule has 0 aromatic rings. The summed E-state index contributed by atoms with van der Waals surface area (Å²) in [6.45, 7) is 2.19. The van der Waals surface area contributed by atoms with Crippen LogP contribution in [0.2, 0.25) is 0 Å². The molecule has 2 nitrogen and oxygen atoms in total. The Kier molecular flexibility index (Phi) is 9.32. The summed E-state index contributed by atoms with van der Waals surface area (Å²) in [5.41, 5.74) is 0. The van der Waals surface area contributed by atoms with Crippen molar-refractivity contribution < 1.29 is 9.09 Å². The summed E-state index contributed by atoms with van der Waals surface area (Å²) < 4.78 is 14.2. The van der Waals surface area contributed by atoms with Crippen molar-refractivity contribution in [2.24, 2.45) is 0 Å². The highest BCUT2D eigenvalue weighted by atomic mass is 31.1. The lowest BCUT2D eigenvalue weighted by atomic mass is 10.2. The maximum Gasteiger partial charge on any atom is 0.395 e. The first-order chi connectivity index (χ1) is 5.41. The SMILES string of the molecule is CCCCCCC=COP=O. The van der Waals surface area contributed by atoms with Crippen molar-refractivity contribution in [3.05, 3.63) is 12.3 Å². The number of rotatable bonds is 7. The average Bonchev–Trinajstić information content (AvgIpc) is 2.03. The number of hydrogen-bond acceptors (Lipinski definition) is 2. The summed E-state index contributed by atoms with van der Waals surface area (Å²) in [4.78, 5) is 0. The average molecular weight is 174 g/mol. The van der Waals surface area contributed by atoms with Crippen molar-refractivity contribution in [1.82, 2.24) is 0 Å². The topological polar surface area (TPSA) is 26.3 Å². The minimum absolute atomic E-state index is 0.267. The molecule has 0 aliphatic heterocycles. The minimum atomic E-state index is -0.267. The Morgan fingerprint density at radius 1 is 1.36 bits per heavy atom. The van der Waals surface area contributed by atoms with Gasteiger partial charge in [0, 0.05) is 0 Å². The molecule has 0 unspecified atom stereocenters. The molecule has 3 heteroatoms. The van der Waals surface area contributed by atoms with Crippen molar-refractivity contribution in [1.29, 1.82) is 0 Å². The van der Waals surface area contributed by atoms with Crippen LogP contribution in [-0.2, 0) is 9.09 Å². The Labute approximate surface area is 69.9 Å². The molecule has 0 bridgehead atoms. The van der Waals surface area contributed by atoms with E-state index < -0.39 is 0 Å². The van der Waals surface area contributed by atoms with E-state index in [-0.39, 0.29) is 8.69 Å². The fourth-order valence-corrected chi connectivity index (χ4v) is 0.961. The van der Waals surface area contributed by atoms with Crippen LogP contribution < -0.4 is 0 Å². The molecule has 0 heterocycles.